The smallest absolute Gasteiger partial charge is 0.160 e. The molecule has 6 heteroatoms. The molecule has 4 aromatic heterocycles. The predicted molar refractivity (Wildman–Crippen MR) is 221 cm³/mol. The quantitative estimate of drug-likeness (QED) is 0.118. The molecule has 0 aliphatic carbocycles. The van der Waals surface area contributed by atoms with Crippen molar-refractivity contribution in [3.63, 3.8) is 0 Å². The van der Waals surface area contributed by atoms with Crippen LogP contribution in [0.2, 0.25) is 0 Å². The minimum absolute atomic E-state index is 0.148. The molecule has 7 aromatic rings. The van der Waals surface area contributed by atoms with E-state index in [1.807, 2.05) is 43.4 Å². The average molecular weight is 713 g/mol. The molecule has 0 amide bonds. The second-order valence-corrected chi connectivity index (χ2v) is 14.4. The lowest BCUT2D eigenvalue weighted by Crippen LogP contribution is -2.26. The average Bonchev–Trinajstić information content (AvgIpc) is 3.96. The van der Waals surface area contributed by atoms with Gasteiger partial charge in [0.2, 0.25) is 0 Å². The molecule has 0 N–H and O–H groups in total. The van der Waals surface area contributed by atoms with Crippen molar-refractivity contribution in [2.75, 3.05) is 0 Å². The van der Waals surface area contributed by atoms with Gasteiger partial charge in [0, 0.05) is 27.7 Å². The van der Waals surface area contributed by atoms with Crippen LogP contribution in [0.1, 0.15) is 50.6 Å². The standard InChI is InChI=1S/C46H40N4S2/c1-5-14-34(15-6-2)44-47-38(30-40(49-44)42-18-12-28-51-42)32-20-24-36(25-21-32)46(7-3,8-4)37-26-22-33(23-27-37)39-31-41(43-19-13-29-52-43)50-45(48-39)35-16-10-9-11-17-35/h5-6,9-31H,1,7-8H2,2-4H3/b15-6-,34-14+. The Labute approximate surface area is 314 Å². The zero-order valence-electron chi connectivity index (χ0n) is 29.7. The van der Waals surface area contributed by atoms with Crippen molar-refractivity contribution < 1.29 is 0 Å². The number of allylic oxidation sites excluding steroid dienone is 5. The first kappa shape index (κ1) is 34.9. The largest absolute Gasteiger partial charge is 0.228 e. The minimum Gasteiger partial charge on any atom is -0.228 e. The van der Waals surface area contributed by atoms with Gasteiger partial charge < -0.3 is 0 Å². The first-order chi connectivity index (χ1) is 25.5. The Hall–Kier alpha value is -5.56. The fourth-order valence-electron chi connectivity index (χ4n) is 6.80. The molecule has 0 saturated heterocycles. The number of aromatic nitrogens is 4. The Morgan fingerprint density at radius 3 is 1.63 bits per heavy atom. The molecule has 52 heavy (non-hydrogen) atoms. The summed E-state index contributed by atoms with van der Waals surface area (Å²) in [6, 6.07) is 40.7. The second kappa shape index (κ2) is 15.8. The van der Waals surface area contributed by atoms with Gasteiger partial charge in [0.15, 0.2) is 11.6 Å². The summed E-state index contributed by atoms with van der Waals surface area (Å²) in [6.07, 6.45) is 9.71. The summed E-state index contributed by atoms with van der Waals surface area (Å²) in [5.41, 5.74) is 10.1. The van der Waals surface area contributed by atoms with E-state index in [1.165, 1.54) is 11.1 Å². The molecule has 0 spiro atoms. The Kier molecular flexibility index (Phi) is 10.6. The molecule has 0 atom stereocenters. The molecule has 3 aromatic carbocycles. The van der Waals surface area contributed by atoms with E-state index in [-0.39, 0.29) is 5.41 Å². The summed E-state index contributed by atoms with van der Waals surface area (Å²) >= 11 is 3.37. The van der Waals surface area contributed by atoms with E-state index < -0.39 is 0 Å². The number of thiophene rings is 2. The minimum atomic E-state index is -0.148. The zero-order chi connectivity index (χ0) is 35.9. The van der Waals surface area contributed by atoms with Crippen LogP contribution in [0.15, 0.2) is 157 Å². The van der Waals surface area contributed by atoms with Gasteiger partial charge in [-0.15, -0.1) is 22.7 Å². The molecule has 0 fully saturated rings. The van der Waals surface area contributed by atoms with Crippen molar-refractivity contribution in [3.8, 4) is 55.0 Å². The maximum atomic E-state index is 5.04. The topological polar surface area (TPSA) is 51.6 Å². The SMILES string of the molecule is C=C/C=C(\C=C/C)c1nc(-c2ccc(C(CC)(CC)c3ccc(-c4cc(-c5cccs5)nc(-c5ccccc5)n4)cc3)cc2)cc(-c2cccs2)n1. The van der Waals surface area contributed by atoms with Crippen LogP contribution in [0.4, 0.5) is 0 Å². The van der Waals surface area contributed by atoms with Gasteiger partial charge in [0.25, 0.3) is 0 Å². The van der Waals surface area contributed by atoms with Gasteiger partial charge in [0.05, 0.1) is 32.5 Å². The lowest BCUT2D eigenvalue weighted by atomic mass is 9.70. The molecule has 0 aliphatic heterocycles. The van der Waals surface area contributed by atoms with Gasteiger partial charge in [-0.1, -0.05) is 136 Å². The zero-order valence-corrected chi connectivity index (χ0v) is 31.3. The number of rotatable bonds is 12. The fraction of sp³-hybridized carbons (Fsp3) is 0.130. The maximum absolute atomic E-state index is 5.04. The monoisotopic (exact) mass is 712 g/mol. The highest BCUT2D eigenvalue weighted by Gasteiger charge is 2.31. The van der Waals surface area contributed by atoms with Crippen LogP contribution in [-0.4, -0.2) is 19.9 Å². The Balaban J connectivity index is 1.24. The molecule has 4 heterocycles. The van der Waals surface area contributed by atoms with Gasteiger partial charge in [-0.3, -0.25) is 0 Å². The molecule has 7 rings (SSSR count). The Bertz CT molecular complexity index is 2320. The van der Waals surface area contributed by atoms with E-state index in [0.29, 0.717) is 5.82 Å². The van der Waals surface area contributed by atoms with E-state index >= 15 is 0 Å². The van der Waals surface area contributed by atoms with Crippen molar-refractivity contribution in [1.29, 1.82) is 0 Å². The number of hydrogen-bond donors (Lipinski definition) is 0. The van der Waals surface area contributed by atoms with Crippen molar-refractivity contribution in [3.05, 3.63) is 174 Å². The van der Waals surface area contributed by atoms with Crippen LogP contribution in [0.25, 0.3) is 60.6 Å². The number of hydrogen-bond acceptors (Lipinski definition) is 6. The van der Waals surface area contributed by atoms with Gasteiger partial charge in [0.1, 0.15) is 0 Å². The molecule has 0 radical (unpaired) electrons. The second-order valence-electron chi connectivity index (χ2n) is 12.5. The molecule has 4 nitrogen and oxygen atoms in total. The third-order valence-electron chi connectivity index (χ3n) is 9.61. The summed E-state index contributed by atoms with van der Waals surface area (Å²) < 4.78 is 0. The van der Waals surface area contributed by atoms with E-state index in [9.17, 15) is 0 Å². The van der Waals surface area contributed by atoms with Crippen molar-refractivity contribution in [2.24, 2.45) is 0 Å². The molecule has 256 valence electrons. The third-order valence-corrected chi connectivity index (χ3v) is 11.4. The van der Waals surface area contributed by atoms with Crippen LogP contribution >= 0.6 is 22.7 Å². The first-order valence-corrected chi connectivity index (χ1v) is 19.4. The normalized spacial score (nSPS) is 12.0. The number of benzene rings is 3. The van der Waals surface area contributed by atoms with Gasteiger partial charge >= 0.3 is 0 Å². The Morgan fingerprint density at radius 2 is 1.13 bits per heavy atom. The lowest BCUT2D eigenvalue weighted by Gasteiger charge is -2.33. The maximum Gasteiger partial charge on any atom is 0.160 e. The molecular formula is C46H40N4S2. The van der Waals surface area contributed by atoms with E-state index in [2.05, 4.69) is 128 Å². The molecule has 0 unspecified atom stereocenters. The van der Waals surface area contributed by atoms with Crippen LogP contribution in [-0.2, 0) is 5.41 Å². The van der Waals surface area contributed by atoms with Crippen molar-refractivity contribution >= 4 is 28.2 Å². The summed E-state index contributed by atoms with van der Waals surface area (Å²) in [7, 11) is 0. The van der Waals surface area contributed by atoms with Crippen LogP contribution < -0.4 is 0 Å². The Morgan fingerprint density at radius 1 is 0.615 bits per heavy atom. The van der Waals surface area contributed by atoms with E-state index in [4.69, 9.17) is 19.9 Å². The van der Waals surface area contributed by atoms with Crippen LogP contribution in [0, 0.1) is 0 Å². The number of nitrogens with zero attached hydrogens (tertiary/aromatic N) is 4. The summed E-state index contributed by atoms with van der Waals surface area (Å²) in [5, 5.41) is 4.17. The third kappa shape index (κ3) is 7.13. The fourth-order valence-corrected chi connectivity index (χ4v) is 8.17. The van der Waals surface area contributed by atoms with Crippen molar-refractivity contribution in [1.82, 2.24) is 19.9 Å². The molecular weight excluding hydrogens is 673 g/mol. The highest BCUT2D eigenvalue weighted by atomic mass is 32.1. The summed E-state index contributed by atoms with van der Waals surface area (Å²) in [4.78, 5) is 22.2. The van der Waals surface area contributed by atoms with Gasteiger partial charge in [-0.25, -0.2) is 19.9 Å². The highest BCUT2D eigenvalue weighted by molar-refractivity contribution is 7.13. The van der Waals surface area contributed by atoms with Gasteiger partial charge in [-0.2, -0.15) is 0 Å². The van der Waals surface area contributed by atoms with Crippen LogP contribution in [0.3, 0.4) is 0 Å². The van der Waals surface area contributed by atoms with E-state index in [0.717, 1.165) is 73.5 Å². The van der Waals surface area contributed by atoms with Crippen molar-refractivity contribution in [2.45, 2.75) is 39.0 Å². The summed E-state index contributed by atoms with van der Waals surface area (Å²) in [5.74, 6) is 1.41. The first-order valence-electron chi connectivity index (χ1n) is 17.6. The predicted octanol–water partition coefficient (Wildman–Crippen LogP) is 13.0. The van der Waals surface area contributed by atoms with Crippen LogP contribution in [0.5, 0.6) is 0 Å². The van der Waals surface area contributed by atoms with Gasteiger partial charge in [-0.05, 0) is 65.9 Å². The molecule has 0 aliphatic rings. The summed E-state index contributed by atoms with van der Waals surface area (Å²) in [6.45, 7) is 10.5. The van der Waals surface area contributed by atoms with E-state index in [1.54, 1.807) is 28.7 Å². The molecule has 0 bridgehead atoms. The molecule has 0 saturated carbocycles. The highest BCUT2D eigenvalue weighted by Crippen LogP contribution is 2.41. The lowest BCUT2D eigenvalue weighted by molar-refractivity contribution is 0.478.